The minimum absolute atomic E-state index is 0.229. The van der Waals surface area contributed by atoms with Crippen molar-refractivity contribution in [3.8, 4) is 5.75 Å². The van der Waals surface area contributed by atoms with Gasteiger partial charge in [0.25, 0.3) is 10.0 Å². The van der Waals surface area contributed by atoms with E-state index in [0.29, 0.717) is 36.9 Å². The molecular formula is C18H23FN2O3S2. The van der Waals surface area contributed by atoms with Gasteiger partial charge in [-0.3, -0.25) is 4.90 Å². The van der Waals surface area contributed by atoms with E-state index in [1.165, 1.54) is 24.5 Å². The maximum Gasteiger partial charge on any atom is 0.252 e. The molecule has 0 saturated carbocycles. The second kappa shape index (κ2) is 8.04. The van der Waals surface area contributed by atoms with Crippen LogP contribution in [0.4, 0.5) is 4.39 Å². The molecule has 1 aromatic heterocycles. The molecule has 1 aliphatic rings. The molecule has 0 unspecified atom stereocenters. The van der Waals surface area contributed by atoms with Crippen molar-refractivity contribution < 1.29 is 17.5 Å². The quantitative estimate of drug-likeness (QED) is 0.751. The third kappa shape index (κ3) is 4.09. The number of ether oxygens (including phenoxy) is 1. The lowest BCUT2D eigenvalue weighted by molar-refractivity contribution is 0.181. The summed E-state index contributed by atoms with van der Waals surface area (Å²) in [5, 5.41) is 0. The summed E-state index contributed by atoms with van der Waals surface area (Å²) in [6, 6.07) is 8.51. The molecule has 0 aliphatic carbocycles. The third-order valence-corrected chi connectivity index (χ3v) is 8.13. The number of benzene rings is 1. The molecule has 0 bridgehead atoms. The Hall–Kier alpha value is -1.48. The predicted molar refractivity (Wildman–Crippen MR) is 101 cm³/mol. The number of thiophene rings is 1. The average Bonchev–Trinajstić information content (AvgIpc) is 3.12. The van der Waals surface area contributed by atoms with Crippen LogP contribution in [-0.2, 0) is 23.0 Å². The van der Waals surface area contributed by atoms with Gasteiger partial charge >= 0.3 is 0 Å². The number of nitrogens with zero attached hydrogens (tertiary/aromatic N) is 2. The van der Waals surface area contributed by atoms with Crippen molar-refractivity contribution in [3.63, 3.8) is 0 Å². The monoisotopic (exact) mass is 398 g/mol. The fourth-order valence-corrected chi connectivity index (χ4v) is 5.88. The first-order chi connectivity index (χ1) is 12.4. The molecule has 2 aromatic rings. The van der Waals surface area contributed by atoms with E-state index >= 15 is 0 Å². The van der Waals surface area contributed by atoms with E-state index in [9.17, 15) is 12.8 Å². The van der Waals surface area contributed by atoms with E-state index in [4.69, 9.17) is 4.74 Å². The summed E-state index contributed by atoms with van der Waals surface area (Å²) < 4.78 is 46.2. The fourth-order valence-electron chi connectivity index (χ4n) is 3.01. The van der Waals surface area contributed by atoms with Crippen LogP contribution >= 0.6 is 11.3 Å². The molecule has 142 valence electrons. The van der Waals surface area contributed by atoms with Gasteiger partial charge in [0.05, 0.1) is 7.11 Å². The molecule has 5 nitrogen and oxygen atoms in total. The molecule has 1 fully saturated rings. The minimum atomic E-state index is -3.41. The first-order valence-electron chi connectivity index (χ1n) is 8.57. The molecule has 2 heterocycles. The highest BCUT2D eigenvalue weighted by Gasteiger charge is 2.29. The Balaban J connectivity index is 1.61. The lowest BCUT2D eigenvalue weighted by Crippen LogP contribution is -2.48. The van der Waals surface area contributed by atoms with Crippen LogP contribution in [0.25, 0.3) is 0 Å². The molecule has 1 aliphatic heterocycles. The molecule has 1 saturated heterocycles. The number of rotatable bonds is 6. The second-order valence-electron chi connectivity index (χ2n) is 6.22. The Morgan fingerprint density at radius 1 is 1.15 bits per heavy atom. The van der Waals surface area contributed by atoms with Gasteiger partial charge in [0.1, 0.15) is 4.21 Å². The maximum absolute atomic E-state index is 13.8. The number of methoxy groups -OCH3 is 1. The van der Waals surface area contributed by atoms with E-state index in [1.54, 1.807) is 16.4 Å². The van der Waals surface area contributed by atoms with Gasteiger partial charge in [0.15, 0.2) is 11.6 Å². The highest BCUT2D eigenvalue weighted by atomic mass is 32.2. The van der Waals surface area contributed by atoms with Crippen LogP contribution in [0.2, 0.25) is 0 Å². The van der Waals surface area contributed by atoms with Gasteiger partial charge in [-0.25, -0.2) is 12.8 Å². The maximum atomic E-state index is 13.8. The largest absolute Gasteiger partial charge is 0.494 e. The SMILES string of the molecule is CCc1ccc(S(=O)(=O)N2CCN(Cc3ccc(OC)c(F)c3)CC2)s1. The Morgan fingerprint density at radius 2 is 1.88 bits per heavy atom. The second-order valence-corrected chi connectivity index (χ2v) is 9.56. The molecule has 3 rings (SSSR count). The van der Waals surface area contributed by atoms with Gasteiger partial charge in [0.2, 0.25) is 0 Å². The van der Waals surface area contributed by atoms with E-state index in [2.05, 4.69) is 4.90 Å². The highest BCUT2D eigenvalue weighted by molar-refractivity contribution is 7.91. The van der Waals surface area contributed by atoms with Gasteiger partial charge in [-0.05, 0) is 36.2 Å². The number of aryl methyl sites for hydroxylation is 1. The fraction of sp³-hybridized carbons (Fsp3) is 0.444. The number of halogens is 1. The molecule has 0 atom stereocenters. The van der Waals surface area contributed by atoms with Gasteiger partial charge in [0, 0.05) is 37.6 Å². The molecule has 0 radical (unpaired) electrons. The number of hydrogen-bond donors (Lipinski definition) is 0. The van der Waals surface area contributed by atoms with Crippen LogP contribution in [0.15, 0.2) is 34.5 Å². The zero-order valence-electron chi connectivity index (χ0n) is 14.9. The van der Waals surface area contributed by atoms with Crippen molar-refractivity contribution in [3.05, 3.63) is 46.6 Å². The van der Waals surface area contributed by atoms with Crippen molar-refractivity contribution in [2.75, 3.05) is 33.3 Å². The van der Waals surface area contributed by atoms with Gasteiger partial charge in [-0.2, -0.15) is 4.31 Å². The molecular weight excluding hydrogens is 375 g/mol. The summed E-state index contributed by atoms with van der Waals surface area (Å²) in [5.41, 5.74) is 0.852. The number of piperazine rings is 1. The van der Waals surface area contributed by atoms with Gasteiger partial charge in [-0.15, -0.1) is 11.3 Å². The van der Waals surface area contributed by atoms with E-state index < -0.39 is 10.0 Å². The Kier molecular flexibility index (Phi) is 5.96. The lowest BCUT2D eigenvalue weighted by atomic mass is 10.2. The summed E-state index contributed by atoms with van der Waals surface area (Å²) in [6.45, 7) is 4.75. The van der Waals surface area contributed by atoms with Crippen molar-refractivity contribution in [1.82, 2.24) is 9.21 Å². The summed E-state index contributed by atoms with van der Waals surface area (Å²) in [5.74, 6) is -0.150. The molecule has 0 N–H and O–H groups in total. The van der Waals surface area contributed by atoms with Crippen molar-refractivity contribution in [2.24, 2.45) is 0 Å². The predicted octanol–water partition coefficient (Wildman–Crippen LogP) is 2.96. The van der Waals surface area contributed by atoms with Crippen LogP contribution in [0.5, 0.6) is 5.75 Å². The summed E-state index contributed by atoms with van der Waals surface area (Å²) >= 11 is 1.35. The average molecular weight is 399 g/mol. The minimum Gasteiger partial charge on any atom is -0.494 e. The number of sulfonamides is 1. The zero-order chi connectivity index (χ0) is 18.7. The first kappa shape index (κ1) is 19.3. The Labute approximate surface area is 158 Å². The third-order valence-electron chi connectivity index (χ3n) is 4.53. The van der Waals surface area contributed by atoms with Crippen molar-refractivity contribution in [2.45, 2.75) is 24.1 Å². The summed E-state index contributed by atoms with van der Waals surface area (Å²) in [6.07, 6.45) is 0.840. The summed E-state index contributed by atoms with van der Waals surface area (Å²) in [4.78, 5) is 3.21. The van der Waals surface area contributed by atoms with Crippen LogP contribution < -0.4 is 4.74 Å². The molecule has 0 amide bonds. The van der Waals surface area contributed by atoms with E-state index in [0.717, 1.165) is 16.9 Å². The lowest BCUT2D eigenvalue weighted by Gasteiger charge is -2.33. The van der Waals surface area contributed by atoms with Gasteiger partial charge in [-0.1, -0.05) is 13.0 Å². The topological polar surface area (TPSA) is 49.9 Å². The van der Waals surface area contributed by atoms with E-state index in [1.807, 2.05) is 19.1 Å². The summed E-state index contributed by atoms with van der Waals surface area (Å²) in [7, 11) is -1.98. The number of hydrogen-bond acceptors (Lipinski definition) is 5. The zero-order valence-corrected chi connectivity index (χ0v) is 16.6. The van der Waals surface area contributed by atoms with Gasteiger partial charge < -0.3 is 4.74 Å². The molecule has 0 spiro atoms. The Morgan fingerprint density at radius 3 is 2.46 bits per heavy atom. The van der Waals surface area contributed by atoms with Crippen molar-refractivity contribution >= 4 is 21.4 Å². The first-order valence-corrected chi connectivity index (χ1v) is 10.8. The van der Waals surface area contributed by atoms with E-state index in [-0.39, 0.29) is 11.6 Å². The van der Waals surface area contributed by atoms with Crippen LogP contribution in [-0.4, -0.2) is 50.9 Å². The smallest absolute Gasteiger partial charge is 0.252 e. The van der Waals surface area contributed by atoms with Crippen LogP contribution in [0, 0.1) is 5.82 Å². The Bertz CT molecular complexity index is 859. The van der Waals surface area contributed by atoms with Crippen LogP contribution in [0.3, 0.4) is 0 Å². The van der Waals surface area contributed by atoms with Crippen LogP contribution in [0.1, 0.15) is 17.4 Å². The molecule has 8 heteroatoms. The molecule has 1 aromatic carbocycles. The highest BCUT2D eigenvalue weighted by Crippen LogP contribution is 2.26. The molecule has 26 heavy (non-hydrogen) atoms. The normalized spacial score (nSPS) is 16.7. The van der Waals surface area contributed by atoms with Crippen molar-refractivity contribution in [1.29, 1.82) is 0 Å². The standard InChI is InChI=1S/C18H23FN2O3S2/c1-3-15-5-7-18(25-15)26(22,23)21-10-8-20(9-11-21)13-14-4-6-17(24-2)16(19)12-14/h4-7,12H,3,8-11,13H2,1-2H3.